The number of fused-ring (bicyclic) bond motifs is 1. The van der Waals surface area contributed by atoms with Gasteiger partial charge in [-0.3, -0.25) is 4.79 Å². The Labute approximate surface area is 173 Å². The largest absolute Gasteiger partial charge is 0.301 e. The number of benzene rings is 2. The highest BCUT2D eigenvalue weighted by atomic mass is 35.5. The van der Waals surface area contributed by atoms with Gasteiger partial charge in [-0.25, -0.2) is 9.97 Å². The molecule has 1 amide bonds. The van der Waals surface area contributed by atoms with Crippen LogP contribution in [0.4, 0.5) is 5.13 Å². The number of halogens is 1. The molecule has 27 heavy (non-hydrogen) atoms. The fourth-order valence-corrected chi connectivity index (χ4v) is 5.43. The zero-order chi connectivity index (χ0) is 18.6. The van der Waals surface area contributed by atoms with Gasteiger partial charge >= 0.3 is 0 Å². The van der Waals surface area contributed by atoms with Crippen molar-refractivity contribution in [3.63, 3.8) is 0 Å². The third-order valence-electron chi connectivity index (χ3n) is 3.67. The van der Waals surface area contributed by atoms with Crippen molar-refractivity contribution in [3.05, 3.63) is 70.2 Å². The summed E-state index contributed by atoms with van der Waals surface area (Å²) in [5.41, 5.74) is 2.09. The number of rotatable bonds is 6. The van der Waals surface area contributed by atoms with Crippen LogP contribution in [0.15, 0.2) is 59.1 Å². The van der Waals surface area contributed by atoms with Gasteiger partial charge in [-0.2, -0.15) is 0 Å². The van der Waals surface area contributed by atoms with E-state index >= 15 is 0 Å². The fraction of sp³-hybridized carbons (Fsp3) is 0.105. The zero-order valence-corrected chi connectivity index (χ0v) is 17.2. The zero-order valence-electron chi connectivity index (χ0n) is 14.0. The van der Waals surface area contributed by atoms with Crippen LogP contribution >= 0.6 is 46.0 Å². The van der Waals surface area contributed by atoms with Crippen LogP contribution in [-0.2, 0) is 11.2 Å². The van der Waals surface area contributed by atoms with Crippen molar-refractivity contribution in [1.29, 1.82) is 0 Å². The SMILES string of the molecule is O=C(CSc1nc2ccccc2s1)Nc1ncc(Cc2cccc(Cl)c2)s1. The summed E-state index contributed by atoms with van der Waals surface area (Å²) < 4.78 is 2.03. The van der Waals surface area contributed by atoms with Gasteiger partial charge in [-0.1, -0.05) is 47.6 Å². The second-order valence-electron chi connectivity index (χ2n) is 5.72. The summed E-state index contributed by atoms with van der Waals surface area (Å²) in [6, 6.07) is 15.7. The molecule has 2 aromatic heterocycles. The molecule has 0 aliphatic heterocycles. The van der Waals surface area contributed by atoms with Gasteiger partial charge in [0, 0.05) is 22.5 Å². The molecule has 0 atom stereocenters. The molecule has 2 heterocycles. The van der Waals surface area contributed by atoms with Crippen molar-refractivity contribution in [2.75, 3.05) is 11.1 Å². The molecular formula is C19H14ClN3OS3. The van der Waals surface area contributed by atoms with E-state index in [2.05, 4.69) is 15.3 Å². The molecule has 4 rings (SSSR count). The number of carbonyl (C=O) groups is 1. The van der Waals surface area contributed by atoms with E-state index < -0.39 is 0 Å². The van der Waals surface area contributed by atoms with E-state index in [0.717, 1.165) is 36.4 Å². The Hall–Kier alpha value is -1.93. The van der Waals surface area contributed by atoms with Crippen molar-refractivity contribution >= 4 is 67.3 Å². The summed E-state index contributed by atoms with van der Waals surface area (Å²) >= 11 is 10.5. The van der Waals surface area contributed by atoms with Crippen LogP contribution in [-0.4, -0.2) is 21.6 Å². The molecule has 0 fully saturated rings. The third kappa shape index (κ3) is 4.87. The smallest absolute Gasteiger partial charge is 0.236 e. The molecule has 136 valence electrons. The molecule has 0 bridgehead atoms. The van der Waals surface area contributed by atoms with Crippen LogP contribution in [0.1, 0.15) is 10.4 Å². The maximum Gasteiger partial charge on any atom is 0.236 e. The van der Waals surface area contributed by atoms with Gasteiger partial charge in [0.05, 0.1) is 16.0 Å². The molecule has 8 heteroatoms. The summed E-state index contributed by atoms with van der Waals surface area (Å²) in [5, 5.41) is 4.19. The minimum atomic E-state index is -0.0806. The fourth-order valence-electron chi connectivity index (χ4n) is 2.49. The average molecular weight is 432 g/mol. The Morgan fingerprint density at radius 1 is 1.15 bits per heavy atom. The van der Waals surface area contributed by atoms with Crippen LogP contribution < -0.4 is 5.32 Å². The van der Waals surface area contributed by atoms with Crippen molar-refractivity contribution in [1.82, 2.24) is 9.97 Å². The van der Waals surface area contributed by atoms with E-state index in [1.54, 1.807) is 17.5 Å². The topological polar surface area (TPSA) is 54.9 Å². The first-order valence-electron chi connectivity index (χ1n) is 8.13. The quantitative estimate of drug-likeness (QED) is 0.396. The number of nitrogens with one attached hydrogen (secondary N) is 1. The Kier molecular flexibility index (Phi) is 5.73. The standard InChI is InChI=1S/C19H14ClN3OS3/c20-13-5-3-4-12(8-13)9-14-10-21-18(26-14)23-17(24)11-25-19-22-15-6-1-2-7-16(15)27-19/h1-8,10H,9,11H2,(H,21,23,24). The van der Waals surface area contributed by atoms with Gasteiger partial charge in [-0.05, 0) is 29.8 Å². The monoisotopic (exact) mass is 431 g/mol. The first-order valence-corrected chi connectivity index (χ1v) is 11.1. The van der Waals surface area contributed by atoms with E-state index in [1.165, 1.54) is 23.1 Å². The predicted octanol–water partition coefficient (Wildman–Crippen LogP) is 5.73. The predicted molar refractivity (Wildman–Crippen MR) is 115 cm³/mol. The van der Waals surface area contributed by atoms with E-state index in [1.807, 2.05) is 48.5 Å². The van der Waals surface area contributed by atoms with Gasteiger partial charge in [-0.15, -0.1) is 22.7 Å². The molecule has 0 saturated heterocycles. The molecule has 0 spiro atoms. The summed E-state index contributed by atoms with van der Waals surface area (Å²) in [6.07, 6.45) is 2.54. The van der Waals surface area contributed by atoms with Gasteiger partial charge in [0.15, 0.2) is 9.47 Å². The van der Waals surface area contributed by atoms with Crippen molar-refractivity contribution < 1.29 is 4.79 Å². The molecule has 0 unspecified atom stereocenters. The summed E-state index contributed by atoms with van der Waals surface area (Å²) in [4.78, 5) is 22.1. The van der Waals surface area contributed by atoms with Crippen LogP contribution in [0, 0.1) is 0 Å². The number of carbonyl (C=O) groups excluding carboxylic acids is 1. The van der Waals surface area contributed by atoms with Crippen LogP contribution in [0.5, 0.6) is 0 Å². The number of hydrogen-bond acceptors (Lipinski definition) is 6. The summed E-state index contributed by atoms with van der Waals surface area (Å²) in [5.74, 6) is 0.228. The Balaban J connectivity index is 1.32. The second kappa shape index (κ2) is 8.39. The molecule has 4 nitrogen and oxygen atoms in total. The lowest BCUT2D eigenvalue weighted by atomic mass is 10.1. The van der Waals surface area contributed by atoms with Gasteiger partial charge < -0.3 is 5.32 Å². The Morgan fingerprint density at radius 2 is 2.04 bits per heavy atom. The molecule has 0 saturated carbocycles. The molecule has 0 aliphatic carbocycles. The molecule has 4 aromatic rings. The normalized spacial score (nSPS) is 11.0. The maximum atomic E-state index is 12.2. The number of aromatic nitrogens is 2. The molecular weight excluding hydrogens is 418 g/mol. The minimum absolute atomic E-state index is 0.0806. The first-order chi connectivity index (χ1) is 13.2. The number of para-hydroxylation sites is 1. The number of thioether (sulfide) groups is 1. The Bertz CT molecular complexity index is 1060. The number of nitrogens with zero attached hydrogens (tertiary/aromatic N) is 2. The minimum Gasteiger partial charge on any atom is -0.301 e. The number of amides is 1. The first kappa shape index (κ1) is 18.4. The van der Waals surface area contributed by atoms with E-state index in [-0.39, 0.29) is 5.91 Å². The molecule has 0 radical (unpaired) electrons. The number of thiazole rings is 2. The molecule has 2 aromatic carbocycles. The highest BCUT2D eigenvalue weighted by Crippen LogP contribution is 2.29. The van der Waals surface area contributed by atoms with Crippen LogP contribution in [0.25, 0.3) is 10.2 Å². The van der Waals surface area contributed by atoms with Crippen LogP contribution in [0.3, 0.4) is 0 Å². The van der Waals surface area contributed by atoms with Crippen LogP contribution in [0.2, 0.25) is 5.02 Å². The molecule has 0 aliphatic rings. The van der Waals surface area contributed by atoms with Crippen molar-refractivity contribution in [2.24, 2.45) is 0 Å². The van der Waals surface area contributed by atoms with Gasteiger partial charge in [0.1, 0.15) is 0 Å². The maximum absolute atomic E-state index is 12.2. The third-order valence-corrected chi connectivity index (χ3v) is 7.00. The number of hydrogen-bond donors (Lipinski definition) is 1. The van der Waals surface area contributed by atoms with Crippen molar-refractivity contribution in [2.45, 2.75) is 10.8 Å². The van der Waals surface area contributed by atoms with Gasteiger partial charge in [0.2, 0.25) is 5.91 Å². The van der Waals surface area contributed by atoms with E-state index in [4.69, 9.17) is 11.6 Å². The lowest BCUT2D eigenvalue weighted by Crippen LogP contribution is -2.13. The lowest BCUT2D eigenvalue weighted by molar-refractivity contribution is -0.113. The highest BCUT2D eigenvalue weighted by molar-refractivity contribution is 8.01. The van der Waals surface area contributed by atoms with E-state index in [0.29, 0.717) is 10.9 Å². The number of anilines is 1. The van der Waals surface area contributed by atoms with Gasteiger partial charge in [0.25, 0.3) is 0 Å². The Morgan fingerprint density at radius 3 is 2.89 bits per heavy atom. The summed E-state index contributed by atoms with van der Waals surface area (Å²) in [7, 11) is 0. The highest BCUT2D eigenvalue weighted by Gasteiger charge is 2.10. The lowest BCUT2D eigenvalue weighted by Gasteiger charge is -2.00. The average Bonchev–Trinajstić information content (AvgIpc) is 3.26. The van der Waals surface area contributed by atoms with E-state index in [9.17, 15) is 4.79 Å². The van der Waals surface area contributed by atoms with Crippen molar-refractivity contribution in [3.8, 4) is 0 Å². The second-order valence-corrected chi connectivity index (χ2v) is 9.53. The molecule has 1 N–H and O–H groups in total. The summed E-state index contributed by atoms with van der Waals surface area (Å²) in [6.45, 7) is 0.